The first kappa shape index (κ1) is 15.4. The smallest absolute Gasteiger partial charge is 0.250 e. The fourth-order valence-electron chi connectivity index (χ4n) is 2.86. The van der Waals surface area contributed by atoms with Crippen molar-refractivity contribution in [3.8, 4) is 0 Å². The third kappa shape index (κ3) is 4.25. The zero-order valence-electron chi connectivity index (χ0n) is 12.7. The fourth-order valence-corrected chi connectivity index (χ4v) is 2.86. The first-order chi connectivity index (χ1) is 10.8. The van der Waals surface area contributed by atoms with Gasteiger partial charge < -0.3 is 14.8 Å². The van der Waals surface area contributed by atoms with Crippen molar-refractivity contribution in [1.29, 1.82) is 0 Å². The van der Waals surface area contributed by atoms with Gasteiger partial charge in [0.05, 0.1) is 12.3 Å². The standard InChI is InChI=1S/C16H23N3O3/c20-16(18-13-4-8-21-9-5-13)15-12-19(7-10-22-15)11-14-3-1-2-6-17-14/h1-3,6,13,15H,4-5,7-12H2,(H,18,20). The predicted molar refractivity (Wildman–Crippen MR) is 81.2 cm³/mol. The number of amides is 1. The van der Waals surface area contributed by atoms with Gasteiger partial charge in [0.1, 0.15) is 6.10 Å². The molecule has 1 amide bonds. The van der Waals surface area contributed by atoms with Crippen molar-refractivity contribution in [3.05, 3.63) is 30.1 Å². The molecule has 1 aromatic rings. The SMILES string of the molecule is O=C(NC1CCOCC1)C1CN(Cc2ccccn2)CCO1. The van der Waals surface area contributed by atoms with E-state index in [0.717, 1.165) is 44.8 Å². The van der Waals surface area contributed by atoms with Gasteiger partial charge in [0.2, 0.25) is 0 Å². The van der Waals surface area contributed by atoms with Gasteiger partial charge >= 0.3 is 0 Å². The molecule has 6 nitrogen and oxygen atoms in total. The van der Waals surface area contributed by atoms with Crippen molar-refractivity contribution < 1.29 is 14.3 Å². The molecule has 1 aromatic heterocycles. The van der Waals surface area contributed by atoms with Crippen LogP contribution in [0.5, 0.6) is 0 Å². The molecule has 22 heavy (non-hydrogen) atoms. The van der Waals surface area contributed by atoms with Crippen LogP contribution in [-0.4, -0.2) is 60.8 Å². The van der Waals surface area contributed by atoms with E-state index in [1.807, 2.05) is 18.2 Å². The first-order valence-electron chi connectivity index (χ1n) is 7.93. The summed E-state index contributed by atoms with van der Waals surface area (Å²) in [4.78, 5) is 18.9. The summed E-state index contributed by atoms with van der Waals surface area (Å²) in [5.41, 5.74) is 1.02. The van der Waals surface area contributed by atoms with Gasteiger partial charge in [-0.25, -0.2) is 0 Å². The first-order valence-corrected chi connectivity index (χ1v) is 7.93. The maximum Gasteiger partial charge on any atom is 0.250 e. The minimum Gasteiger partial charge on any atom is -0.381 e. The van der Waals surface area contributed by atoms with Gasteiger partial charge in [-0.15, -0.1) is 0 Å². The Hall–Kier alpha value is -1.50. The molecule has 0 spiro atoms. The van der Waals surface area contributed by atoms with Crippen LogP contribution >= 0.6 is 0 Å². The highest BCUT2D eigenvalue weighted by atomic mass is 16.5. The summed E-state index contributed by atoms with van der Waals surface area (Å²) in [5, 5.41) is 3.09. The lowest BCUT2D eigenvalue weighted by Crippen LogP contribution is -2.52. The lowest BCUT2D eigenvalue weighted by atomic mass is 10.1. The van der Waals surface area contributed by atoms with E-state index in [0.29, 0.717) is 13.2 Å². The lowest BCUT2D eigenvalue weighted by molar-refractivity contribution is -0.140. The van der Waals surface area contributed by atoms with Crippen molar-refractivity contribution in [2.45, 2.75) is 31.5 Å². The number of pyridine rings is 1. The predicted octanol–water partition coefficient (Wildman–Crippen LogP) is 0.578. The summed E-state index contributed by atoms with van der Waals surface area (Å²) in [5.74, 6) is -0.00220. The van der Waals surface area contributed by atoms with E-state index in [2.05, 4.69) is 15.2 Å². The molecule has 1 atom stereocenters. The van der Waals surface area contributed by atoms with E-state index < -0.39 is 0 Å². The second-order valence-corrected chi connectivity index (χ2v) is 5.81. The number of rotatable bonds is 4. The lowest BCUT2D eigenvalue weighted by Gasteiger charge is -2.33. The number of carbonyl (C=O) groups is 1. The molecule has 2 aliphatic rings. The monoisotopic (exact) mass is 305 g/mol. The van der Waals surface area contributed by atoms with Crippen LogP contribution in [0.3, 0.4) is 0 Å². The maximum absolute atomic E-state index is 12.3. The average Bonchev–Trinajstić information content (AvgIpc) is 2.57. The molecule has 0 bridgehead atoms. The molecular formula is C16H23N3O3. The van der Waals surface area contributed by atoms with E-state index >= 15 is 0 Å². The summed E-state index contributed by atoms with van der Waals surface area (Å²) in [6, 6.07) is 6.12. The van der Waals surface area contributed by atoms with Crippen LogP contribution in [0, 0.1) is 0 Å². The van der Waals surface area contributed by atoms with Crippen molar-refractivity contribution in [1.82, 2.24) is 15.2 Å². The molecular weight excluding hydrogens is 282 g/mol. The Morgan fingerprint density at radius 1 is 1.32 bits per heavy atom. The van der Waals surface area contributed by atoms with Crippen LogP contribution in [0.4, 0.5) is 0 Å². The molecule has 3 rings (SSSR count). The van der Waals surface area contributed by atoms with Gasteiger partial charge in [0.15, 0.2) is 0 Å². The maximum atomic E-state index is 12.3. The number of nitrogens with one attached hydrogen (secondary N) is 1. The van der Waals surface area contributed by atoms with Crippen LogP contribution in [0.25, 0.3) is 0 Å². The molecule has 0 saturated carbocycles. The minimum absolute atomic E-state index is 0.00220. The summed E-state index contributed by atoms with van der Waals surface area (Å²) in [6.07, 6.45) is 3.18. The average molecular weight is 305 g/mol. The number of hydrogen-bond donors (Lipinski definition) is 1. The second-order valence-electron chi connectivity index (χ2n) is 5.81. The third-order valence-electron chi connectivity index (χ3n) is 4.12. The molecule has 2 saturated heterocycles. The number of hydrogen-bond acceptors (Lipinski definition) is 5. The van der Waals surface area contributed by atoms with Gasteiger partial charge in [0, 0.05) is 45.1 Å². The molecule has 1 N–H and O–H groups in total. The Balaban J connectivity index is 1.50. The highest BCUT2D eigenvalue weighted by Gasteiger charge is 2.28. The highest BCUT2D eigenvalue weighted by Crippen LogP contribution is 2.11. The molecule has 1 unspecified atom stereocenters. The Kier molecular flexibility index (Phi) is 5.37. The fraction of sp³-hybridized carbons (Fsp3) is 0.625. The molecule has 120 valence electrons. The van der Waals surface area contributed by atoms with E-state index in [-0.39, 0.29) is 18.1 Å². The van der Waals surface area contributed by atoms with Crippen LogP contribution in [0.1, 0.15) is 18.5 Å². The van der Waals surface area contributed by atoms with Crippen LogP contribution < -0.4 is 5.32 Å². The minimum atomic E-state index is -0.389. The Morgan fingerprint density at radius 2 is 2.18 bits per heavy atom. The normalized spacial score (nSPS) is 24.1. The van der Waals surface area contributed by atoms with Crippen LogP contribution in [0.15, 0.2) is 24.4 Å². The van der Waals surface area contributed by atoms with E-state index in [1.54, 1.807) is 6.20 Å². The number of carbonyl (C=O) groups excluding carboxylic acids is 1. The summed E-state index contributed by atoms with van der Waals surface area (Å²) in [7, 11) is 0. The number of morpholine rings is 1. The second kappa shape index (κ2) is 7.67. The molecule has 6 heteroatoms. The topological polar surface area (TPSA) is 63.7 Å². The zero-order chi connectivity index (χ0) is 15.2. The molecule has 2 aliphatic heterocycles. The molecule has 0 aliphatic carbocycles. The van der Waals surface area contributed by atoms with Gasteiger partial charge in [-0.2, -0.15) is 0 Å². The van der Waals surface area contributed by atoms with Gasteiger partial charge in [0.25, 0.3) is 5.91 Å². The van der Waals surface area contributed by atoms with Gasteiger partial charge in [-0.05, 0) is 25.0 Å². The number of ether oxygens (including phenoxy) is 2. The van der Waals surface area contributed by atoms with Gasteiger partial charge in [-0.1, -0.05) is 6.07 Å². The number of nitrogens with zero attached hydrogens (tertiary/aromatic N) is 2. The van der Waals surface area contributed by atoms with Crippen LogP contribution in [-0.2, 0) is 20.8 Å². The quantitative estimate of drug-likeness (QED) is 0.881. The van der Waals surface area contributed by atoms with E-state index in [4.69, 9.17) is 9.47 Å². The molecule has 0 aromatic carbocycles. The van der Waals surface area contributed by atoms with Crippen molar-refractivity contribution in [2.75, 3.05) is 32.9 Å². The molecule has 3 heterocycles. The van der Waals surface area contributed by atoms with E-state index in [9.17, 15) is 4.79 Å². The Bertz CT molecular complexity index is 477. The highest BCUT2D eigenvalue weighted by molar-refractivity contribution is 5.81. The van der Waals surface area contributed by atoms with Crippen LogP contribution in [0.2, 0.25) is 0 Å². The number of aromatic nitrogens is 1. The third-order valence-corrected chi connectivity index (χ3v) is 4.12. The molecule has 0 radical (unpaired) electrons. The summed E-state index contributed by atoms with van der Waals surface area (Å²) in [6.45, 7) is 4.23. The summed E-state index contributed by atoms with van der Waals surface area (Å²) < 4.78 is 11.0. The zero-order valence-corrected chi connectivity index (χ0v) is 12.7. The van der Waals surface area contributed by atoms with Gasteiger partial charge in [-0.3, -0.25) is 14.7 Å². The van der Waals surface area contributed by atoms with Crippen molar-refractivity contribution in [2.24, 2.45) is 0 Å². The Morgan fingerprint density at radius 3 is 2.95 bits per heavy atom. The van der Waals surface area contributed by atoms with Crippen molar-refractivity contribution >= 4 is 5.91 Å². The van der Waals surface area contributed by atoms with E-state index in [1.165, 1.54) is 0 Å². The Labute approximate surface area is 130 Å². The molecule has 2 fully saturated rings. The summed E-state index contributed by atoms with van der Waals surface area (Å²) >= 11 is 0. The van der Waals surface area contributed by atoms with Crippen molar-refractivity contribution in [3.63, 3.8) is 0 Å². The largest absolute Gasteiger partial charge is 0.381 e.